The van der Waals surface area contributed by atoms with Crippen LogP contribution in [-0.4, -0.2) is 23.3 Å². The third kappa shape index (κ3) is 4.83. The highest BCUT2D eigenvalue weighted by Crippen LogP contribution is 2.27. The summed E-state index contributed by atoms with van der Waals surface area (Å²) in [6.45, 7) is 0.589. The molecule has 1 fully saturated rings. The molecule has 0 unspecified atom stereocenters. The quantitative estimate of drug-likeness (QED) is 0.722. The van der Waals surface area contributed by atoms with Crippen LogP contribution in [0.15, 0.2) is 30.3 Å². The normalized spacial score (nSPS) is 17.4. The number of nitrogens with one attached hydrogen (secondary N) is 2. The second-order valence-electron chi connectivity index (χ2n) is 5.34. The van der Waals surface area contributed by atoms with Crippen molar-refractivity contribution in [2.45, 2.75) is 44.3 Å². The van der Waals surface area contributed by atoms with E-state index >= 15 is 0 Å². The third-order valence-electron chi connectivity index (χ3n) is 3.61. The fourth-order valence-electron chi connectivity index (χ4n) is 2.43. The Hall–Kier alpha value is -1.59. The zero-order valence-electron chi connectivity index (χ0n) is 11.6. The Labute approximate surface area is 119 Å². The minimum Gasteiger partial charge on any atom is -0.388 e. The molecule has 1 aromatic carbocycles. The van der Waals surface area contributed by atoms with Crippen LogP contribution < -0.4 is 10.8 Å². The van der Waals surface area contributed by atoms with Crippen LogP contribution in [-0.2, 0) is 11.4 Å². The van der Waals surface area contributed by atoms with Gasteiger partial charge in [-0.05, 0) is 18.4 Å². The van der Waals surface area contributed by atoms with Crippen LogP contribution in [0.5, 0.6) is 0 Å². The summed E-state index contributed by atoms with van der Waals surface area (Å²) in [6.07, 6.45) is 4.69. The summed E-state index contributed by atoms with van der Waals surface area (Å²) in [5.74, 6) is 0. The van der Waals surface area contributed by atoms with Crippen LogP contribution in [0.2, 0.25) is 0 Å². The molecule has 0 spiro atoms. The van der Waals surface area contributed by atoms with E-state index < -0.39 is 11.6 Å². The number of rotatable bonds is 5. The Morgan fingerprint density at radius 2 is 1.90 bits per heavy atom. The summed E-state index contributed by atoms with van der Waals surface area (Å²) in [5.41, 5.74) is 2.56. The molecule has 0 atom stereocenters. The fraction of sp³-hybridized carbons (Fsp3) is 0.533. The van der Waals surface area contributed by atoms with E-state index in [1.165, 1.54) is 0 Å². The monoisotopic (exact) mass is 278 g/mol. The van der Waals surface area contributed by atoms with Gasteiger partial charge in [0.15, 0.2) is 0 Å². The first-order chi connectivity index (χ1) is 9.68. The van der Waals surface area contributed by atoms with E-state index in [1.807, 2.05) is 30.3 Å². The van der Waals surface area contributed by atoms with E-state index in [2.05, 4.69) is 10.8 Å². The standard InChI is InChI=1S/C15H22N2O3/c18-14(16-12-15(19)9-5-2-6-10-15)17-20-11-13-7-3-1-4-8-13/h1,3-4,7-8,19H,2,5-6,9-12H2,(H2,16,17,18). The van der Waals surface area contributed by atoms with Crippen molar-refractivity contribution in [3.63, 3.8) is 0 Å². The van der Waals surface area contributed by atoms with Crippen molar-refractivity contribution < 1.29 is 14.7 Å². The molecular weight excluding hydrogens is 256 g/mol. The zero-order chi connectivity index (χ0) is 14.3. The fourth-order valence-corrected chi connectivity index (χ4v) is 2.43. The molecule has 0 bridgehead atoms. The van der Waals surface area contributed by atoms with Gasteiger partial charge in [0.05, 0.1) is 12.2 Å². The minimum atomic E-state index is -0.755. The van der Waals surface area contributed by atoms with Crippen LogP contribution in [0.25, 0.3) is 0 Å². The predicted molar refractivity (Wildman–Crippen MR) is 75.8 cm³/mol. The van der Waals surface area contributed by atoms with Gasteiger partial charge in [-0.3, -0.25) is 4.84 Å². The number of urea groups is 1. The van der Waals surface area contributed by atoms with Crippen LogP contribution in [0.1, 0.15) is 37.7 Å². The van der Waals surface area contributed by atoms with Crippen molar-refractivity contribution in [2.75, 3.05) is 6.54 Å². The summed E-state index contributed by atoms with van der Waals surface area (Å²) in [5, 5.41) is 12.9. The molecule has 3 N–H and O–H groups in total. The Balaban J connectivity index is 1.63. The van der Waals surface area contributed by atoms with Crippen molar-refractivity contribution in [3.05, 3.63) is 35.9 Å². The third-order valence-corrected chi connectivity index (χ3v) is 3.61. The molecule has 2 amide bonds. The molecule has 0 radical (unpaired) electrons. The number of hydroxylamine groups is 1. The van der Waals surface area contributed by atoms with Gasteiger partial charge in [-0.2, -0.15) is 0 Å². The summed E-state index contributed by atoms with van der Waals surface area (Å²) in [7, 11) is 0. The molecule has 1 aliphatic carbocycles. The first kappa shape index (κ1) is 14.8. The molecular formula is C15H22N2O3. The SMILES string of the molecule is O=C(NCC1(O)CCCCC1)NOCc1ccccc1. The summed E-state index contributed by atoms with van der Waals surface area (Å²) in [4.78, 5) is 16.7. The molecule has 2 rings (SSSR count). The van der Waals surface area contributed by atoms with Crippen LogP contribution in [0, 0.1) is 0 Å². The topological polar surface area (TPSA) is 70.6 Å². The highest BCUT2D eigenvalue weighted by Gasteiger charge is 2.29. The average molecular weight is 278 g/mol. The molecule has 0 heterocycles. The molecule has 1 aromatic rings. The molecule has 110 valence electrons. The lowest BCUT2D eigenvalue weighted by Crippen LogP contribution is -2.47. The maximum absolute atomic E-state index is 11.6. The number of hydrogen-bond donors (Lipinski definition) is 3. The van der Waals surface area contributed by atoms with Crippen LogP contribution >= 0.6 is 0 Å². The van der Waals surface area contributed by atoms with Crippen LogP contribution in [0.3, 0.4) is 0 Å². The number of aliphatic hydroxyl groups is 1. The maximum atomic E-state index is 11.6. The van der Waals surface area contributed by atoms with Crippen LogP contribution in [0.4, 0.5) is 4.79 Å². The predicted octanol–water partition coefficient (Wildman–Crippen LogP) is 2.11. The van der Waals surface area contributed by atoms with E-state index in [-0.39, 0.29) is 6.54 Å². The van der Waals surface area contributed by atoms with Crippen molar-refractivity contribution in [1.29, 1.82) is 0 Å². The molecule has 0 saturated heterocycles. The van der Waals surface area contributed by atoms with Gasteiger partial charge in [0.25, 0.3) is 0 Å². The Morgan fingerprint density at radius 1 is 1.20 bits per heavy atom. The largest absolute Gasteiger partial charge is 0.388 e. The molecule has 20 heavy (non-hydrogen) atoms. The summed E-state index contributed by atoms with van der Waals surface area (Å²) >= 11 is 0. The second kappa shape index (κ2) is 7.26. The first-order valence-corrected chi connectivity index (χ1v) is 7.10. The Bertz CT molecular complexity index is 416. The Morgan fingerprint density at radius 3 is 2.60 bits per heavy atom. The van der Waals surface area contributed by atoms with E-state index in [0.717, 1.165) is 37.7 Å². The number of hydrogen-bond acceptors (Lipinski definition) is 3. The number of carbonyl (C=O) groups excluding carboxylic acids is 1. The number of benzene rings is 1. The number of amides is 2. The highest BCUT2D eigenvalue weighted by atomic mass is 16.7. The van der Waals surface area contributed by atoms with Crippen molar-refractivity contribution >= 4 is 6.03 Å². The molecule has 0 aliphatic heterocycles. The lowest BCUT2D eigenvalue weighted by atomic mass is 9.85. The van der Waals surface area contributed by atoms with Crippen molar-refractivity contribution in [2.24, 2.45) is 0 Å². The average Bonchev–Trinajstić information content (AvgIpc) is 2.47. The highest BCUT2D eigenvalue weighted by molar-refractivity contribution is 5.72. The molecule has 1 aliphatic rings. The van der Waals surface area contributed by atoms with Gasteiger partial charge >= 0.3 is 6.03 Å². The van der Waals surface area contributed by atoms with Crippen molar-refractivity contribution in [3.8, 4) is 0 Å². The molecule has 0 aromatic heterocycles. The molecule has 5 heteroatoms. The minimum absolute atomic E-state index is 0.271. The van der Waals surface area contributed by atoms with E-state index in [9.17, 15) is 9.90 Å². The first-order valence-electron chi connectivity index (χ1n) is 7.10. The Kier molecular flexibility index (Phi) is 5.38. The zero-order valence-corrected chi connectivity index (χ0v) is 11.6. The summed E-state index contributed by atoms with van der Waals surface area (Å²) in [6, 6.07) is 9.18. The molecule has 5 nitrogen and oxygen atoms in total. The number of carbonyl (C=O) groups is 1. The summed E-state index contributed by atoms with van der Waals surface area (Å²) < 4.78 is 0. The van der Waals surface area contributed by atoms with Crippen molar-refractivity contribution in [1.82, 2.24) is 10.8 Å². The second-order valence-corrected chi connectivity index (χ2v) is 5.34. The van der Waals surface area contributed by atoms with E-state index in [1.54, 1.807) is 0 Å². The van der Waals surface area contributed by atoms with E-state index in [4.69, 9.17) is 4.84 Å². The lowest BCUT2D eigenvalue weighted by molar-refractivity contribution is 0.00325. The van der Waals surface area contributed by atoms with Gasteiger partial charge in [0.1, 0.15) is 0 Å². The van der Waals surface area contributed by atoms with Gasteiger partial charge < -0.3 is 10.4 Å². The van der Waals surface area contributed by atoms with Gasteiger partial charge in [0.2, 0.25) is 0 Å². The van der Waals surface area contributed by atoms with Gasteiger partial charge in [-0.1, -0.05) is 49.6 Å². The van der Waals surface area contributed by atoms with Gasteiger partial charge in [-0.15, -0.1) is 0 Å². The smallest absolute Gasteiger partial charge is 0.338 e. The lowest BCUT2D eigenvalue weighted by Gasteiger charge is -2.31. The molecule has 1 saturated carbocycles. The van der Waals surface area contributed by atoms with Gasteiger partial charge in [-0.25, -0.2) is 10.3 Å². The van der Waals surface area contributed by atoms with E-state index in [0.29, 0.717) is 6.61 Å². The van der Waals surface area contributed by atoms with Gasteiger partial charge in [0, 0.05) is 6.54 Å². The maximum Gasteiger partial charge on any atom is 0.338 e.